The maximum Gasteiger partial charge on any atom is -0.0221 e. The highest BCUT2D eigenvalue weighted by molar-refractivity contribution is 4.96. The Hall–Kier alpha value is 0. The van der Waals surface area contributed by atoms with Crippen molar-refractivity contribution in [2.24, 2.45) is 34.0 Å². The van der Waals surface area contributed by atoms with Gasteiger partial charge in [0.05, 0.1) is 0 Å². The molecule has 0 aliphatic heterocycles. The van der Waals surface area contributed by atoms with Gasteiger partial charge in [-0.2, -0.15) is 0 Å². The zero-order valence-electron chi connectivity index (χ0n) is 15.6. The monoisotopic (exact) mass is 268 g/mol. The van der Waals surface area contributed by atoms with Crippen LogP contribution in [0.1, 0.15) is 89.0 Å². The summed E-state index contributed by atoms with van der Waals surface area (Å²) in [5.74, 6) is 2.28. The van der Waals surface area contributed by atoms with Crippen LogP contribution in [0.25, 0.3) is 0 Å². The molecule has 0 bridgehead atoms. The molecule has 116 valence electrons. The molecule has 0 saturated heterocycles. The lowest BCUT2D eigenvalue weighted by molar-refractivity contribution is -0.0386. The summed E-state index contributed by atoms with van der Waals surface area (Å²) in [6, 6.07) is 0. The zero-order valence-corrected chi connectivity index (χ0v) is 15.6. The van der Waals surface area contributed by atoms with Gasteiger partial charge in [0.2, 0.25) is 0 Å². The minimum absolute atomic E-state index is 0.366. The molecule has 0 aromatic carbocycles. The van der Waals surface area contributed by atoms with Crippen LogP contribution in [0.15, 0.2) is 0 Å². The fourth-order valence-corrected chi connectivity index (χ4v) is 3.66. The summed E-state index contributed by atoms with van der Waals surface area (Å²) in [6.07, 6.45) is 2.63. The van der Waals surface area contributed by atoms with Gasteiger partial charge in [0.1, 0.15) is 0 Å². The maximum absolute atomic E-state index is 2.48. The van der Waals surface area contributed by atoms with Crippen molar-refractivity contribution in [1.82, 2.24) is 0 Å². The minimum Gasteiger partial charge on any atom is -0.0648 e. The minimum atomic E-state index is 0.366. The molecule has 0 radical (unpaired) electrons. The third-order valence-electron chi connectivity index (χ3n) is 6.15. The maximum atomic E-state index is 2.48. The molecular formula is C19H40. The van der Waals surface area contributed by atoms with Gasteiger partial charge in [-0.15, -0.1) is 0 Å². The van der Waals surface area contributed by atoms with Crippen molar-refractivity contribution < 1.29 is 0 Å². The zero-order chi connectivity index (χ0) is 15.6. The average Bonchev–Trinajstić information content (AvgIpc) is 2.21. The lowest BCUT2D eigenvalue weighted by Crippen LogP contribution is -2.45. The molecule has 0 N–H and O–H groups in total. The first kappa shape index (κ1) is 19.0. The van der Waals surface area contributed by atoms with Crippen molar-refractivity contribution in [3.63, 3.8) is 0 Å². The third kappa shape index (κ3) is 4.23. The predicted octanol–water partition coefficient (Wildman–Crippen LogP) is 6.79. The summed E-state index contributed by atoms with van der Waals surface area (Å²) < 4.78 is 0. The van der Waals surface area contributed by atoms with E-state index in [1.54, 1.807) is 0 Å². The first-order valence-electron chi connectivity index (χ1n) is 8.29. The van der Waals surface area contributed by atoms with E-state index in [0.29, 0.717) is 16.2 Å². The summed E-state index contributed by atoms with van der Waals surface area (Å²) in [5, 5.41) is 0. The van der Waals surface area contributed by atoms with Gasteiger partial charge in [-0.3, -0.25) is 0 Å². The Labute approximate surface area is 123 Å². The van der Waals surface area contributed by atoms with Gasteiger partial charge in [-0.05, 0) is 46.8 Å². The normalized spacial score (nSPS) is 20.2. The van der Waals surface area contributed by atoms with Crippen molar-refractivity contribution in [3.8, 4) is 0 Å². The topological polar surface area (TPSA) is 0 Å². The second kappa shape index (κ2) is 6.19. The van der Waals surface area contributed by atoms with Crippen LogP contribution in [0.2, 0.25) is 0 Å². The average molecular weight is 269 g/mol. The van der Waals surface area contributed by atoms with Crippen LogP contribution in [-0.4, -0.2) is 0 Å². The predicted molar refractivity (Wildman–Crippen MR) is 89.4 cm³/mol. The molecule has 0 saturated carbocycles. The molecule has 0 aromatic rings. The van der Waals surface area contributed by atoms with E-state index >= 15 is 0 Å². The largest absolute Gasteiger partial charge is 0.0648 e. The summed E-state index contributed by atoms with van der Waals surface area (Å²) in [7, 11) is 0. The fourth-order valence-electron chi connectivity index (χ4n) is 3.66. The van der Waals surface area contributed by atoms with E-state index in [-0.39, 0.29) is 0 Å². The Morgan fingerprint density at radius 2 is 1.21 bits per heavy atom. The van der Waals surface area contributed by atoms with Crippen molar-refractivity contribution in [1.29, 1.82) is 0 Å². The van der Waals surface area contributed by atoms with Gasteiger partial charge in [-0.1, -0.05) is 76.2 Å². The van der Waals surface area contributed by atoms with E-state index in [1.165, 1.54) is 12.8 Å². The van der Waals surface area contributed by atoms with Gasteiger partial charge in [-0.25, -0.2) is 0 Å². The van der Waals surface area contributed by atoms with Crippen LogP contribution >= 0.6 is 0 Å². The molecule has 0 heteroatoms. The standard InChI is InChI=1S/C19H40/c1-12-19(18(9,10)11,16(5)14(2)3)13-15(4)17(6,7)8/h14-16H,12-13H2,1-11H3. The number of hydrogen-bond donors (Lipinski definition) is 0. The van der Waals surface area contributed by atoms with E-state index in [0.717, 1.165) is 17.8 Å². The molecule has 3 unspecified atom stereocenters. The van der Waals surface area contributed by atoms with Crippen molar-refractivity contribution in [2.45, 2.75) is 89.0 Å². The molecule has 0 rings (SSSR count). The molecule has 3 atom stereocenters. The Morgan fingerprint density at radius 3 is 1.42 bits per heavy atom. The third-order valence-corrected chi connectivity index (χ3v) is 6.15. The molecule has 0 heterocycles. The highest BCUT2D eigenvalue weighted by Gasteiger charge is 2.47. The second-order valence-electron chi connectivity index (χ2n) is 9.26. The Kier molecular flexibility index (Phi) is 6.19. The van der Waals surface area contributed by atoms with E-state index in [9.17, 15) is 0 Å². The first-order valence-corrected chi connectivity index (χ1v) is 8.29. The molecule has 0 aromatic heterocycles. The molecular weight excluding hydrogens is 228 g/mol. The van der Waals surface area contributed by atoms with Crippen LogP contribution in [0, 0.1) is 34.0 Å². The molecule has 0 aliphatic rings. The highest BCUT2D eigenvalue weighted by atomic mass is 14.5. The first-order chi connectivity index (χ1) is 8.29. The molecule has 0 aliphatic carbocycles. The molecule has 0 spiro atoms. The van der Waals surface area contributed by atoms with Crippen LogP contribution in [0.4, 0.5) is 0 Å². The SMILES string of the molecule is CCC(CC(C)C(C)(C)C)(C(C)C(C)C)C(C)(C)C. The Morgan fingerprint density at radius 1 is 0.789 bits per heavy atom. The second-order valence-corrected chi connectivity index (χ2v) is 9.26. The van der Waals surface area contributed by atoms with E-state index in [2.05, 4.69) is 76.2 Å². The van der Waals surface area contributed by atoms with Crippen molar-refractivity contribution in [2.75, 3.05) is 0 Å². The number of rotatable bonds is 5. The Balaban J connectivity index is 5.52. The van der Waals surface area contributed by atoms with Gasteiger partial charge in [0.25, 0.3) is 0 Å². The highest BCUT2D eigenvalue weighted by Crippen LogP contribution is 2.55. The van der Waals surface area contributed by atoms with Crippen molar-refractivity contribution in [3.05, 3.63) is 0 Å². The lowest BCUT2D eigenvalue weighted by atomic mass is 9.52. The van der Waals surface area contributed by atoms with Crippen LogP contribution in [-0.2, 0) is 0 Å². The molecule has 19 heavy (non-hydrogen) atoms. The van der Waals surface area contributed by atoms with E-state index in [1.807, 2.05) is 0 Å². The summed E-state index contributed by atoms with van der Waals surface area (Å²) in [6.45, 7) is 26.6. The van der Waals surface area contributed by atoms with Crippen molar-refractivity contribution >= 4 is 0 Å². The van der Waals surface area contributed by atoms with Gasteiger partial charge < -0.3 is 0 Å². The van der Waals surface area contributed by atoms with Crippen LogP contribution in [0.3, 0.4) is 0 Å². The van der Waals surface area contributed by atoms with E-state index in [4.69, 9.17) is 0 Å². The molecule has 0 nitrogen and oxygen atoms in total. The molecule has 0 fully saturated rings. The summed E-state index contributed by atoms with van der Waals surface area (Å²) >= 11 is 0. The molecule has 0 amide bonds. The van der Waals surface area contributed by atoms with Gasteiger partial charge in [0.15, 0.2) is 0 Å². The smallest absolute Gasteiger partial charge is 0.0221 e. The van der Waals surface area contributed by atoms with Crippen LogP contribution in [0.5, 0.6) is 0 Å². The van der Waals surface area contributed by atoms with E-state index < -0.39 is 0 Å². The lowest BCUT2D eigenvalue weighted by Gasteiger charge is -2.53. The quantitative estimate of drug-likeness (QED) is 0.514. The fraction of sp³-hybridized carbons (Fsp3) is 1.00. The number of hydrogen-bond acceptors (Lipinski definition) is 0. The Bertz CT molecular complexity index is 261. The van der Waals surface area contributed by atoms with Crippen LogP contribution < -0.4 is 0 Å². The van der Waals surface area contributed by atoms with Gasteiger partial charge in [0, 0.05) is 0 Å². The summed E-state index contributed by atoms with van der Waals surface area (Å²) in [5.41, 5.74) is 1.21. The summed E-state index contributed by atoms with van der Waals surface area (Å²) in [4.78, 5) is 0. The van der Waals surface area contributed by atoms with Gasteiger partial charge >= 0.3 is 0 Å².